The van der Waals surface area contributed by atoms with Gasteiger partial charge in [0.1, 0.15) is 5.52 Å². The fraction of sp³-hybridized carbons (Fsp3) is 0.263. The first kappa shape index (κ1) is 19.6. The summed E-state index contributed by atoms with van der Waals surface area (Å²) in [6, 6.07) is 8.70. The Morgan fingerprint density at radius 1 is 1.07 bits per heavy atom. The molecule has 0 unspecified atom stereocenters. The number of methoxy groups -OCH3 is 1. The number of benzene rings is 2. The smallest absolute Gasteiger partial charge is 0.255 e. The lowest BCUT2D eigenvalue weighted by atomic mass is 10.2. The van der Waals surface area contributed by atoms with Crippen molar-refractivity contribution in [2.24, 2.45) is 0 Å². The van der Waals surface area contributed by atoms with Crippen molar-refractivity contribution in [3.8, 4) is 5.75 Å². The Balaban J connectivity index is 1.50. The van der Waals surface area contributed by atoms with Crippen molar-refractivity contribution in [1.29, 1.82) is 0 Å². The van der Waals surface area contributed by atoms with E-state index in [0.717, 1.165) is 15.3 Å². The number of carbonyl (C=O) groups excluding carboxylic acids is 1. The molecular weight excluding hydrogens is 441 g/mol. The third-order valence-electron chi connectivity index (χ3n) is 4.66. The number of thiazole rings is 1. The molecule has 1 fully saturated rings. The molecule has 1 aromatic heterocycles. The van der Waals surface area contributed by atoms with Crippen molar-refractivity contribution >= 4 is 67.4 Å². The molecule has 2 heterocycles. The molecule has 3 aromatic rings. The van der Waals surface area contributed by atoms with Gasteiger partial charge in [0.15, 0.2) is 10.9 Å². The Kier molecular flexibility index (Phi) is 5.56. The number of carbonyl (C=O) groups is 1. The van der Waals surface area contributed by atoms with Gasteiger partial charge in [0.25, 0.3) is 5.91 Å². The number of hydrogen-bond acceptors (Lipinski definition) is 5. The lowest BCUT2D eigenvalue weighted by Crippen LogP contribution is -2.48. The van der Waals surface area contributed by atoms with Gasteiger partial charge in [-0.25, -0.2) is 4.98 Å². The van der Waals surface area contributed by atoms with Crippen molar-refractivity contribution in [1.82, 2.24) is 9.88 Å². The molecule has 28 heavy (non-hydrogen) atoms. The molecule has 0 N–H and O–H groups in total. The van der Waals surface area contributed by atoms with Crippen molar-refractivity contribution < 1.29 is 9.53 Å². The molecule has 4 rings (SSSR count). The van der Waals surface area contributed by atoms with Crippen molar-refractivity contribution in [2.45, 2.75) is 0 Å². The highest BCUT2D eigenvalue weighted by Gasteiger charge is 2.25. The Hall–Kier alpha value is -1.73. The Labute approximate surface area is 181 Å². The van der Waals surface area contributed by atoms with Gasteiger partial charge in [-0.05, 0) is 30.3 Å². The van der Waals surface area contributed by atoms with Gasteiger partial charge in [-0.15, -0.1) is 0 Å². The second-order valence-corrected chi connectivity index (χ2v) is 8.59. The quantitative estimate of drug-likeness (QED) is 0.541. The summed E-state index contributed by atoms with van der Waals surface area (Å²) in [4.78, 5) is 21.5. The van der Waals surface area contributed by atoms with Gasteiger partial charge in [0.05, 0.1) is 27.4 Å². The summed E-state index contributed by atoms with van der Waals surface area (Å²) in [5, 5.41) is 2.32. The van der Waals surface area contributed by atoms with Gasteiger partial charge in [0.2, 0.25) is 0 Å². The number of nitrogens with zero attached hydrogens (tertiary/aromatic N) is 3. The van der Waals surface area contributed by atoms with E-state index in [0.29, 0.717) is 52.6 Å². The van der Waals surface area contributed by atoms with Crippen molar-refractivity contribution in [2.75, 3.05) is 38.2 Å². The zero-order valence-corrected chi connectivity index (χ0v) is 18.0. The Morgan fingerprint density at radius 3 is 2.50 bits per heavy atom. The minimum Gasteiger partial charge on any atom is -0.493 e. The SMILES string of the molecule is COc1c(Cl)ccc2sc(N3CCN(C(=O)c4ccc(Cl)cc4Cl)CC3)nc12. The largest absolute Gasteiger partial charge is 0.493 e. The molecule has 146 valence electrons. The molecular formula is C19H16Cl3N3O2S. The molecule has 1 aliphatic heterocycles. The number of piperazine rings is 1. The molecule has 0 spiro atoms. The van der Waals surface area contributed by atoms with Gasteiger partial charge < -0.3 is 14.5 Å². The van der Waals surface area contributed by atoms with Crippen LogP contribution in [0.3, 0.4) is 0 Å². The van der Waals surface area contributed by atoms with Gasteiger partial charge >= 0.3 is 0 Å². The molecule has 0 saturated carbocycles. The van der Waals surface area contributed by atoms with E-state index in [4.69, 9.17) is 44.5 Å². The molecule has 1 amide bonds. The maximum Gasteiger partial charge on any atom is 0.255 e. The van der Waals surface area contributed by atoms with E-state index >= 15 is 0 Å². The van der Waals surface area contributed by atoms with Gasteiger partial charge in [-0.2, -0.15) is 0 Å². The number of fused-ring (bicyclic) bond motifs is 1. The monoisotopic (exact) mass is 455 g/mol. The van der Waals surface area contributed by atoms with Crippen molar-refractivity contribution in [3.05, 3.63) is 51.0 Å². The van der Waals surface area contributed by atoms with Crippen LogP contribution in [-0.2, 0) is 0 Å². The van der Waals surface area contributed by atoms with Crippen LogP contribution in [0.1, 0.15) is 10.4 Å². The summed E-state index contributed by atoms with van der Waals surface area (Å²) in [5.74, 6) is 0.506. The molecule has 0 atom stereocenters. The first-order valence-corrected chi connectivity index (χ1v) is 10.6. The normalized spacial score (nSPS) is 14.6. The summed E-state index contributed by atoms with van der Waals surface area (Å²) >= 11 is 19.9. The molecule has 1 aliphatic rings. The molecule has 0 aliphatic carbocycles. The lowest BCUT2D eigenvalue weighted by Gasteiger charge is -2.34. The minimum atomic E-state index is -0.0842. The van der Waals surface area contributed by atoms with Gasteiger partial charge in [0, 0.05) is 31.2 Å². The van der Waals surface area contributed by atoms with Crippen LogP contribution in [0, 0.1) is 0 Å². The molecule has 9 heteroatoms. The maximum absolute atomic E-state index is 12.8. The van der Waals surface area contributed by atoms with Gasteiger partial charge in [-0.3, -0.25) is 4.79 Å². The lowest BCUT2D eigenvalue weighted by molar-refractivity contribution is 0.0747. The van der Waals surface area contributed by atoms with E-state index < -0.39 is 0 Å². The van der Waals surface area contributed by atoms with Crippen LogP contribution in [0.4, 0.5) is 5.13 Å². The second-order valence-electron chi connectivity index (χ2n) is 6.33. The number of anilines is 1. The van der Waals surface area contributed by atoms with Crippen LogP contribution < -0.4 is 9.64 Å². The van der Waals surface area contributed by atoms with Crippen LogP contribution in [0.25, 0.3) is 10.2 Å². The average molecular weight is 457 g/mol. The fourth-order valence-electron chi connectivity index (χ4n) is 3.20. The van der Waals surface area contributed by atoms with E-state index in [1.54, 1.807) is 41.5 Å². The predicted octanol–water partition coefficient (Wildman–Crippen LogP) is 5.23. The Bertz CT molecular complexity index is 1050. The molecule has 2 aromatic carbocycles. The van der Waals surface area contributed by atoms with Crippen LogP contribution in [0.5, 0.6) is 5.75 Å². The van der Waals surface area contributed by atoms with E-state index in [9.17, 15) is 4.79 Å². The maximum atomic E-state index is 12.8. The predicted molar refractivity (Wildman–Crippen MR) is 116 cm³/mol. The van der Waals surface area contributed by atoms with Gasteiger partial charge in [-0.1, -0.05) is 46.1 Å². The van der Waals surface area contributed by atoms with Crippen molar-refractivity contribution in [3.63, 3.8) is 0 Å². The third kappa shape index (κ3) is 3.62. The first-order chi connectivity index (χ1) is 13.5. The first-order valence-electron chi connectivity index (χ1n) is 8.60. The van der Waals surface area contributed by atoms with Crippen LogP contribution in [0.2, 0.25) is 15.1 Å². The van der Waals surface area contributed by atoms with E-state index in [1.807, 2.05) is 12.1 Å². The number of rotatable bonds is 3. The second kappa shape index (κ2) is 7.95. The third-order valence-corrected chi connectivity index (χ3v) is 6.59. The number of halogens is 3. The topological polar surface area (TPSA) is 45.7 Å². The molecule has 1 saturated heterocycles. The summed E-state index contributed by atoms with van der Waals surface area (Å²) < 4.78 is 6.41. The number of amides is 1. The van der Waals surface area contributed by atoms with Crippen LogP contribution >= 0.6 is 46.1 Å². The van der Waals surface area contributed by atoms with E-state index in [2.05, 4.69) is 4.90 Å². The summed E-state index contributed by atoms with van der Waals surface area (Å²) in [6.07, 6.45) is 0. The van der Waals surface area contributed by atoms with Crippen LogP contribution in [0.15, 0.2) is 30.3 Å². The number of aromatic nitrogens is 1. The Morgan fingerprint density at radius 2 is 1.82 bits per heavy atom. The highest BCUT2D eigenvalue weighted by molar-refractivity contribution is 7.22. The van der Waals surface area contributed by atoms with E-state index in [1.165, 1.54) is 0 Å². The molecule has 0 bridgehead atoms. The highest BCUT2D eigenvalue weighted by Crippen LogP contribution is 2.38. The van der Waals surface area contributed by atoms with E-state index in [-0.39, 0.29) is 5.91 Å². The minimum absolute atomic E-state index is 0.0842. The summed E-state index contributed by atoms with van der Waals surface area (Å²) in [5.41, 5.74) is 1.24. The number of hydrogen-bond donors (Lipinski definition) is 0. The molecule has 5 nitrogen and oxygen atoms in total. The fourth-order valence-corrected chi connectivity index (χ4v) is 4.93. The number of ether oxygens (including phenoxy) is 1. The zero-order chi connectivity index (χ0) is 19.8. The highest BCUT2D eigenvalue weighted by atomic mass is 35.5. The molecule has 0 radical (unpaired) electrons. The summed E-state index contributed by atoms with van der Waals surface area (Å²) in [6.45, 7) is 2.55. The zero-order valence-electron chi connectivity index (χ0n) is 14.9. The average Bonchev–Trinajstić information content (AvgIpc) is 3.12. The summed E-state index contributed by atoms with van der Waals surface area (Å²) in [7, 11) is 1.59. The standard InChI is InChI=1S/C19H16Cl3N3O2S/c1-27-17-13(21)4-5-15-16(17)23-19(28-15)25-8-6-24(7-9-25)18(26)12-3-2-11(20)10-14(12)22/h2-5,10H,6-9H2,1H3. The van der Waals surface area contributed by atoms with Crippen LogP contribution in [-0.4, -0.2) is 49.1 Å².